The molecule has 1 aliphatic heterocycles. The Morgan fingerprint density at radius 1 is 1.41 bits per heavy atom. The van der Waals surface area contributed by atoms with Gasteiger partial charge in [-0.1, -0.05) is 0 Å². The fourth-order valence-electron chi connectivity index (χ4n) is 2.13. The fourth-order valence-corrected chi connectivity index (χ4v) is 3.77. The molecule has 0 atom stereocenters. The summed E-state index contributed by atoms with van der Waals surface area (Å²) in [5.41, 5.74) is 1.99. The van der Waals surface area contributed by atoms with Crippen LogP contribution in [0.1, 0.15) is 25.9 Å². The highest BCUT2D eigenvalue weighted by atomic mass is 32.2. The number of ether oxygens (including phenoxy) is 1. The highest BCUT2D eigenvalue weighted by Crippen LogP contribution is 2.32. The number of anilines is 1. The first-order valence-electron chi connectivity index (χ1n) is 6.69. The third-order valence-corrected chi connectivity index (χ3v) is 5.30. The molecule has 2 aromatic rings. The summed E-state index contributed by atoms with van der Waals surface area (Å²) < 4.78 is 5.34. The largest absolute Gasteiger partial charge is 0.456 e. The van der Waals surface area contributed by atoms with Gasteiger partial charge in [-0.15, -0.1) is 23.1 Å². The normalized spacial score (nSPS) is 13.5. The number of thiazole rings is 1. The first-order valence-corrected chi connectivity index (χ1v) is 8.50. The van der Waals surface area contributed by atoms with Crippen molar-refractivity contribution in [2.24, 2.45) is 0 Å². The second-order valence-corrected chi connectivity index (χ2v) is 7.17. The molecule has 7 heteroatoms. The van der Waals surface area contributed by atoms with Gasteiger partial charge in [0, 0.05) is 4.90 Å². The summed E-state index contributed by atoms with van der Waals surface area (Å²) in [6.45, 7) is 4.04. The zero-order valence-corrected chi connectivity index (χ0v) is 13.8. The molecule has 1 aliphatic rings. The second-order valence-electron chi connectivity index (χ2n) is 4.87. The van der Waals surface area contributed by atoms with Crippen molar-refractivity contribution < 1.29 is 14.3 Å². The molecular weight excluding hydrogens is 320 g/mol. The lowest BCUT2D eigenvalue weighted by Crippen LogP contribution is -2.19. The quantitative estimate of drug-likeness (QED) is 0.873. The number of esters is 1. The van der Waals surface area contributed by atoms with Crippen LogP contribution in [0, 0.1) is 13.8 Å². The molecule has 0 saturated carbocycles. The number of rotatable bonds is 3. The van der Waals surface area contributed by atoms with E-state index < -0.39 is 5.97 Å². The zero-order valence-electron chi connectivity index (χ0n) is 12.1. The van der Waals surface area contributed by atoms with Crippen molar-refractivity contribution >= 4 is 40.7 Å². The molecule has 1 amide bonds. The van der Waals surface area contributed by atoms with E-state index in [4.69, 9.17) is 4.74 Å². The Kier molecular flexibility index (Phi) is 4.17. The summed E-state index contributed by atoms with van der Waals surface area (Å²) >= 11 is 2.99. The monoisotopic (exact) mass is 334 g/mol. The topological polar surface area (TPSA) is 68.3 Å². The van der Waals surface area contributed by atoms with Gasteiger partial charge in [-0.3, -0.25) is 4.79 Å². The van der Waals surface area contributed by atoms with E-state index in [9.17, 15) is 9.59 Å². The molecule has 1 aromatic carbocycles. The number of hydrogen-bond acceptors (Lipinski definition) is 6. The van der Waals surface area contributed by atoms with Crippen molar-refractivity contribution in [3.8, 4) is 0 Å². The minimum Gasteiger partial charge on any atom is -0.456 e. The number of carbonyl (C=O) groups excluding carboxylic acids is 2. The Hall–Kier alpha value is -1.86. The highest BCUT2D eigenvalue weighted by molar-refractivity contribution is 8.00. The van der Waals surface area contributed by atoms with Gasteiger partial charge in [0.05, 0.1) is 32.6 Å². The Labute approximate surface area is 136 Å². The van der Waals surface area contributed by atoms with Crippen LogP contribution in [0.15, 0.2) is 23.1 Å². The lowest BCUT2D eigenvalue weighted by Gasteiger charge is -2.16. The molecule has 0 aliphatic carbocycles. The third-order valence-electron chi connectivity index (χ3n) is 3.18. The maximum atomic E-state index is 12.1. The van der Waals surface area contributed by atoms with Crippen LogP contribution >= 0.6 is 23.1 Å². The summed E-state index contributed by atoms with van der Waals surface area (Å²) in [5.74, 6) is -0.0577. The molecular formula is C15H14N2O3S2. The highest BCUT2D eigenvalue weighted by Gasteiger charge is 2.18. The molecule has 0 fully saturated rings. The maximum absolute atomic E-state index is 12.1. The Bertz CT molecular complexity index is 755. The molecule has 0 bridgehead atoms. The molecule has 0 spiro atoms. The number of carbonyl (C=O) groups is 2. The van der Waals surface area contributed by atoms with Crippen LogP contribution in [0.2, 0.25) is 0 Å². The zero-order chi connectivity index (χ0) is 15.7. The smallest absolute Gasteiger partial charge is 0.338 e. The molecule has 0 radical (unpaired) electrons. The van der Waals surface area contributed by atoms with Crippen molar-refractivity contribution in [3.05, 3.63) is 39.3 Å². The first kappa shape index (κ1) is 15.1. The predicted molar refractivity (Wildman–Crippen MR) is 86.5 cm³/mol. The number of aromatic nitrogens is 1. The summed E-state index contributed by atoms with van der Waals surface area (Å²) in [5, 5.41) is 3.72. The van der Waals surface area contributed by atoms with Gasteiger partial charge in [-0.05, 0) is 32.0 Å². The van der Waals surface area contributed by atoms with Crippen molar-refractivity contribution in [1.29, 1.82) is 0 Å². The molecule has 0 unspecified atom stereocenters. The number of fused-ring (bicyclic) bond motifs is 1. The number of nitrogens with zero attached hydrogens (tertiary/aromatic N) is 1. The summed E-state index contributed by atoms with van der Waals surface area (Å²) in [6, 6.07) is 5.21. The van der Waals surface area contributed by atoms with Gasteiger partial charge >= 0.3 is 5.97 Å². The molecule has 22 heavy (non-hydrogen) atoms. The van der Waals surface area contributed by atoms with E-state index in [1.165, 1.54) is 23.1 Å². The van der Waals surface area contributed by atoms with Gasteiger partial charge < -0.3 is 10.1 Å². The van der Waals surface area contributed by atoms with E-state index in [2.05, 4.69) is 10.3 Å². The molecule has 1 N–H and O–H groups in total. The number of hydrogen-bond donors (Lipinski definition) is 1. The van der Waals surface area contributed by atoms with E-state index in [1.54, 1.807) is 12.1 Å². The maximum Gasteiger partial charge on any atom is 0.338 e. The third kappa shape index (κ3) is 3.15. The standard InChI is InChI=1S/C15H14N2O3S2/c1-8-13(22-9(2)16-8)6-20-15(19)10-3-4-12-11(5-10)17-14(18)7-21-12/h3-5H,6-7H2,1-2H3,(H,17,18). The predicted octanol–water partition coefficient (Wildman–Crippen LogP) is 3.16. The molecule has 2 heterocycles. The van der Waals surface area contributed by atoms with Crippen molar-refractivity contribution in [2.75, 3.05) is 11.1 Å². The average molecular weight is 334 g/mol. The van der Waals surface area contributed by atoms with Crippen LogP contribution in [0.3, 0.4) is 0 Å². The Morgan fingerprint density at radius 2 is 2.23 bits per heavy atom. The van der Waals surface area contributed by atoms with Crippen LogP contribution in [0.25, 0.3) is 0 Å². The van der Waals surface area contributed by atoms with Crippen LogP contribution in [0.5, 0.6) is 0 Å². The molecule has 114 valence electrons. The van der Waals surface area contributed by atoms with Gasteiger partial charge in [0.2, 0.25) is 5.91 Å². The van der Waals surface area contributed by atoms with Crippen molar-refractivity contribution in [2.45, 2.75) is 25.3 Å². The lowest BCUT2D eigenvalue weighted by molar-refractivity contribution is -0.113. The molecule has 1 aromatic heterocycles. The van der Waals surface area contributed by atoms with E-state index in [1.807, 2.05) is 19.9 Å². The minimum absolute atomic E-state index is 0.0567. The number of amides is 1. The van der Waals surface area contributed by atoms with Crippen LogP contribution in [0.4, 0.5) is 5.69 Å². The van der Waals surface area contributed by atoms with Gasteiger partial charge in [-0.2, -0.15) is 0 Å². The number of thioether (sulfide) groups is 1. The first-order chi connectivity index (χ1) is 10.5. The average Bonchev–Trinajstić information content (AvgIpc) is 2.81. The second kappa shape index (κ2) is 6.10. The van der Waals surface area contributed by atoms with E-state index >= 15 is 0 Å². The summed E-state index contributed by atoms with van der Waals surface area (Å²) in [4.78, 5) is 29.8. The number of nitrogens with one attached hydrogen (secondary N) is 1. The van der Waals surface area contributed by atoms with Crippen LogP contribution in [-0.2, 0) is 16.1 Å². The summed E-state index contributed by atoms with van der Waals surface area (Å²) in [6.07, 6.45) is 0. The van der Waals surface area contributed by atoms with Gasteiger partial charge in [0.25, 0.3) is 0 Å². The van der Waals surface area contributed by atoms with E-state index in [0.29, 0.717) is 17.0 Å². The lowest BCUT2D eigenvalue weighted by atomic mass is 10.2. The fraction of sp³-hybridized carbons (Fsp3) is 0.267. The molecule has 3 rings (SSSR count). The summed E-state index contributed by atoms with van der Waals surface area (Å²) in [7, 11) is 0. The van der Waals surface area contributed by atoms with Crippen LogP contribution in [-0.4, -0.2) is 22.6 Å². The molecule has 0 saturated heterocycles. The Balaban J connectivity index is 1.71. The van der Waals surface area contributed by atoms with Gasteiger partial charge in [0.1, 0.15) is 6.61 Å². The van der Waals surface area contributed by atoms with Crippen molar-refractivity contribution in [3.63, 3.8) is 0 Å². The Morgan fingerprint density at radius 3 is 2.95 bits per heavy atom. The number of benzene rings is 1. The van der Waals surface area contributed by atoms with Crippen LogP contribution < -0.4 is 5.32 Å². The number of aryl methyl sites for hydroxylation is 2. The van der Waals surface area contributed by atoms with Gasteiger partial charge in [0.15, 0.2) is 0 Å². The van der Waals surface area contributed by atoms with E-state index in [0.717, 1.165) is 20.5 Å². The van der Waals surface area contributed by atoms with E-state index in [-0.39, 0.29) is 12.5 Å². The minimum atomic E-state index is -0.405. The van der Waals surface area contributed by atoms with Gasteiger partial charge in [-0.25, -0.2) is 9.78 Å². The van der Waals surface area contributed by atoms with Crippen molar-refractivity contribution in [1.82, 2.24) is 4.98 Å². The SMILES string of the molecule is Cc1nc(C)c(COC(=O)c2ccc3c(c2)NC(=O)CS3)s1. The molecule has 5 nitrogen and oxygen atoms in total.